The van der Waals surface area contributed by atoms with Gasteiger partial charge in [0.05, 0.1) is 33.3 Å². The van der Waals surface area contributed by atoms with E-state index in [2.05, 4.69) is 37.1 Å². The van der Waals surface area contributed by atoms with Gasteiger partial charge in [0.1, 0.15) is 17.7 Å². The zero-order valence-electron chi connectivity index (χ0n) is 19.4. The van der Waals surface area contributed by atoms with Crippen LogP contribution in [0.5, 0.6) is 5.75 Å². The Labute approximate surface area is 232 Å². The van der Waals surface area contributed by atoms with Crippen LogP contribution in [0.25, 0.3) is 22.8 Å². The molecule has 3 heterocycles. The molecule has 4 rings (SSSR count). The number of benzene rings is 1. The Hall–Kier alpha value is -1.88. The van der Waals surface area contributed by atoms with Crippen LogP contribution in [0.4, 0.5) is 4.39 Å². The third kappa shape index (κ3) is 5.82. The van der Waals surface area contributed by atoms with Gasteiger partial charge in [0.2, 0.25) is 6.29 Å². The lowest BCUT2D eigenvalue weighted by Gasteiger charge is -2.17. The molecule has 0 saturated heterocycles. The SMILES string of the molecule is COC(OC)c1ccc(/C(F)=C/c2nn(PI)c3ccc(OC(C)c4c(Cl)cncc4Cl)cc23)cn1. The molecule has 0 N–H and O–H groups in total. The van der Waals surface area contributed by atoms with Gasteiger partial charge >= 0.3 is 0 Å². The number of methoxy groups -OCH3 is 2. The van der Waals surface area contributed by atoms with E-state index in [9.17, 15) is 0 Å². The molecule has 3 aromatic heterocycles. The Kier molecular flexibility index (Phi) is 9.14. The van der Waals surface area contributed by atoms with Crippen LogP contribution in [0.2, 0.25) is 10.0 Å². The summed E-state index contributed by atoms with van der Waals surface area (Å²) in [5.74, 6) is 0.0975. The van der Waals surface area contributed by atoms with Gasteiger partial charge in [-0.15, -0.1) is 0 Å². The Balaban J connectivity index is 1.66. The summed E-state index contributed by atoms with van der Waals surface area (Å²) in [6, 6.07) is 8.85. The fourth-order valence-electron chi connectivity index (χ4n) is 3.66. The predicted octanol–water partition coefficient (Wildman–Crippen LogP) is 7.82. The molecular weight excluding hydrogens is 640 g/mol. The molecule has 0 aliphatic carbocycles. The van der Waals surface area contributed by atoms with Crippen molar-refractivity contribution < 1.29 is 18.6 Å². The summed E-state index contributed by atoms with van der Waals surface area (Å²) in [6.07, 6.45) is 5.15. The molecule has 0 bridgehead atoms. The summed E-state index contributed by atoms with van der Waals surface area (Å²) in [6.45, 7) is 1.85. The first kappa shape index (κ1) is 27.2. The van der Waals surface area contributed by atoms with Crippen LogP contribution >= 0.6 is 51.6 Å². The molecule has 4 aromatic rings. The lowest BCUT2D eigenvalue weighted by Crippen LogP contribution is -2.05. The van der Waals surface area contributed by atoms with Gasteiger partial charge in [-0.1, -0.05) is 23.2 Å². The number of fused-ring (bicyclic) bond motifs is 1. The molecule has 0 aliphatic rings. The number of rotatable bonds is 9. The van der Waals surface area contributed by atoms with E-state index in [1.807, 2.05) is 29.6 Å². The van der Waals surface area contributed by atoms with Crippen molar-refractivity contribution in [3.8, 4) is 5.75 Å². The summed E-state index contributed by atoms with van der Waals surface area (Å²) >= 11 is 14.8. The summed E-state index contributed by atoms with van der Waals surface area (Å²) in [4.78, 5) is 8.24. The molecule has 2 atom stereocenters. The highest BCUT2D eigenvalue weighted by atomic mass is 127. The number of ether oxygens (including phenoxy) is 3. The van der Waals surface area contributed by atoms with Gasteiger partial charge in [0, 0.05) is 55.4 Å². The summed E-state index contributed by atoms with van der Waals surface area (Å²) in [7, 11) is 3.02. The molecule has 0 aliphatic heterocycles. The van der Waals surface area contributed by atoms with Gasteiger partial charge in [0.25, 0.3) is 0 Å². The van der Waals surface area contributed by atoms with Crippen LogP contribution in [0.3, 0.4) is 0 Å². The lowest BCUT2D eigenvalue weighted by atomic mass is 10.1. The van der Waals surface area contributed by atoms with Crippen LogP contribution in [0.15, 0.2) is 48.9 Å². The molecule has 12 heteroatoms. The van der Waals surface area contributed by atoms with E-state index in [-0.39, 0.29) is 0 Å². The molecule has 1 aromatic carbocycles. The van der Waals surface area contributed by atoms with E-state index in [1.165, 1.54) is 38.9 Å². The minimum absolute atomic E-state index is 0.312. The van der Waals surface area contributed by atoms with Crippen molar-refractivity contribution >= 4 is 74.4 Å². The van der Waals surface area contributed by atoms with Gasteiger partial charge in [-0.2, -0.15) is 5.10 Å². The zero-order chi connectivity index (χ0) is 25.8. The molecule has 0 fully saturated rings. The second-order valence-corrected chi connectivity index (χ2v) is 10.5. The van der Waals surface area contributed by atoms with Crippen molar-refractivity contribution in [1.29, 1.82) is 0 Å². The van der Waals surface area contributed by atoms with E-state index >= 15 is 4.39 Å². The lowest BCUT2D eigenvalue weighted by molar-refractivity contribution is -0.108. The molecule has 0 spiro atoms. The summed E-state index contributed by atoms with van der Waals surface area (Å²) in [5, 5.41) is 6.17. The highest BCUT2D eigenvalue weighted by Gasteiger charge is 2.18. The first-order chi connectivity index (χ1) is 17.4. The molecule has 36 heavy (non-hydrogen) atoms. The van der Waals surface area contributed by atoms with E-state index in [0.29, 0.717) is 44.7 Å². The maximum atomic E-state index is 15.2. The molecule has 0 saturated carbocycles. The van der Waals surface area contributed by atoms with Crippen molar-refractivity contribution in [3.63, 3.8) is 0 Å². The minimum Gasteiger partial charge on any atom is -0.486 e. The minimum atomic E-state index is -0.617. The molecule has 188 valence electrons. The standard InChI is InChI=1S/C24H21Cl2FIN4O3P/c1-13(23-17(25)11-29-12-18(23)26)35-15-5-7-22-16(8-15)21(31-32(22)36-28)9-19(27)14-4-6-20(30-10-14)24(33-2)34-3/h4-13,24,36H,1-3H3/b19-9-. The Bertz CT molecular complexity index is 1380. The van der Waals surface area contributed by atoms with Gasteiger partial charge < -0.3 is 14.2 Å². The van der Waals surface area contributed by atoms with Crippen molar-refractivity contribution in [1.82, 2.24) is 19.5 Å². The average Bonchev–Trinajstić information content (AvgIpc) is 3.21. The molecular formula is C24H21Cl2FIN4O3P. The quantitative estimate of drug-likeness (QED) is 0.104. The van der Waals surface area contributed by atoms with Crippen molar-refractivity contribution in [3.05, 3.63) is 81.5 Å². The maximum Gasteiger partial charge on any atom is 0.200 e. The summed E-state index contributed by atoms with van der Waals surface area (Å²) in [5.41, 5.74) is 2.83. The first-order valence-electron chi connectivity index (χ1n) is 10.6. The highest BCUT2D eigenvalue weighted by Crippen LogP contribution is 2.36. The smallest absolute Gasteiger partial charge is 0.200 e. The molecule has 0 amide bonds. The van der Waals surface area contributed by atoms with Gasteiger partial charge in [-0.3, -0.25) is 9.97 Å². The Morgan fingerprint density at radius 2 is 1.83 bits per heavy atom. The van der Waals surface area contributed by atoms with Crippen LogP contribution in [-0.4, -0.2) is 33.7 Å². The van der Waals surface area contributed by atoms with Gasteiger partial charge in [-0.25, -0.2) is 8.84 Å². The summed E-state index contributed by atoms with van der Waals surface area (Å²) < 4.78 is 33.6. The van der Waals surface area contributed by atoms with E-state index in [1.54, 1.807) is 12.1 Å². The number of aromatic nitrogens is 4. The third-order valence-corrected chi connectivity index (χ3v) is 7.84. The Morgan fingerprint density at radius 1 is 1.11 bits per heavy atom. The fourth-order valence-corrected chi connectivity index (χ4v) is 5.87. The number of hydrogen-bond donors (Lipinski definition) is 0. The van der Waals surface area contributed by atoms with Gasteiger partial charge in [0.15, 0.2) is 0 Å². The molecule has 0 radical (unpaired) electrons. The highest BCUT2D eigenvalue weighted by molar-refractivity contribution is 14.2. The largest absolute Gasteiger partial charge is 0.486 e. The van der Waals surface area contributed by atoms with E-state index < -0.39 is 18.2 Å². The van der Waals surface area contributed by atoms with Crippen LogP contribution in [-0.2, 0) is 9.47 Å². The normalized spacial score (nSPS) is 13.3. The molecule has 7 nitrogen and oxygen atoms in total. The van der Waals surface area contributed by atoms with Crippen LogP contribution in [0, 0.1) is 0 Å². The molecule has 2 unspecified atom stereocenters. The predicted molar refractivity (Wildman–Crippen MR) is 151 cm³/mol. The van der Waals surface area contributed by atoms with Crippen molar-refractivity contribution in [2.24, 2.45) is 0 Å². The third-order valence-electron chi connectivity index (χ3n) is 5.36. The van der Waals surface area contributed by atoms with Crippen molar-refractivity contribution in [2.75, 3.05) is 14.2 Å². The second kappa shape index (κ2) is 12.1. The second-order valence-electron chi connectivity index (χ2n) is 7.60. The number of nitrogens with zero attached hydrogens (tertiary/aromatic N) is 4. The van der Waals surface area contributed by atoms with Crippen molar-refractivity contribution in [2.45, 2.75) is 19.3 Å². The van der Waals surface area contributed by atoms with E-state index in [4.69, 9.17) is 37.4 Å². The average molecular weight is 661 g/mol. The Morgan fingerprint density at radius 3 is 2.44 bits per heavy atom. The zero-order valence-corrected chi connectivity index (χ0v) is 24.0. The van der Waals surface area contributed by atoms with E-state index in [0.717, 1.165) is 10.9 Å². The van der Waals surface area contributed by atoms with Crippen LogP contribution < -0.4 is 4.74 Å². The maximum absolute atomic E-state index is 15.2. The first-order valence-corrected chi connectivity index (χ1v) is 15.4. The fraction of sp³-hybridized carbons (Fsp3) is 0.208. The van der Waals surface area contributed by atoms with Crippen LogP contribution in [0.1, 0.15) is 41.8 Å². The number of hydrogen-bond acceptors (Lipinski definition) is 6. The number of halogens is 4. The van der Waals surface area contributed by atoms with Gasteiger partial charge in [-0.05, 0) is 59.3 Å². The topological polar surface area (TPSA) is 71.3 Å². The number of pyridine rings is 2. The monoisotopic (exact) mass is 660 g/mol.